The molecule has 3 aliphatic heterocycles. The molecule has 21 heteroatoms. The minimum Gasteiger partial charge on any atom is -0.414 e. The maximum absolute atomic E-state index is 13.4. The number of aliphatic hydroxyl groups excluding tert-OH is 1. The second-order valence-corrected chi connectivity index (χ2v) is 28.9. The molecule has 304 valence electrons. The number of hydrogen-bond donors (Lipinski definition) is 3. The zero-order chi connectivity index (χ0) is 41.0. The van der Waals surface area contributed by atoms with Crippen molar-refractivity contribution >= 4 is 44.3 Å². The summed E-state index contributed by atoms with van der Waals surface area (Å²) in [6, 6.07) is 1.54. The molecule has 0 radical (unpaired) electrons. The van der Waals surface area contributed by atoms with Gasteiger partial charge in [0.2, 0.25) is 0 Å². The number of thioether (sulfide) groups is 1. The van der Waals surface area contributed by atoms with Gasteiger partial charge in [0.05, 0.1) is 24.3 Å². The van der Waals surface area contributed by atoms with Gasteiger partial charge in [-0.25, -0.2) is 13.8 Å². The zero-order valence-corrected chi connectivity index (χ0v) is 36.7. The Labute approximate surface area is 322 Å². The number of nitrogens with two attached hydrogens (primary N) is 2. The number of aryl methyl sites for hydroxylation is 1. The highest BCUT2D eigenvalue weighted by molar-refractivity contribution is 8.00. The predicted octanol–water partition coefficient (Wildman–Crippen LogP) is 2.47. The second-order valence-electron chi connectivity index (χ2n) is 16.8. The van der Waals surface area contributed by atoms with Crippen molar-refractivity contribution in [2.75, 3.05) is 24.7 Å². The topological polar surface area (TPSA) is 231 Å². The van der Waals surface area contributed by atoms with Crippen LogP contribution in [0.15, 0.2) is 43.9 Å². The van der Waals surface area contributed by atoms with Gasteiger partial charge >= 0.3 is 11.4 Å². The van der Waals surface area contributed by atoms with E-state index >= 15 is 0 Å². The number of aliphatic hydroxyl groups is 1. The molecule has 1 spiro atoms. The van der Waals surface area contributed by atoms with E-state index in [-0.39, 0.29) is 46.5 Å². The molecule has 3 aliphatic rings. The van der Waals surface area contributed by atoms with E-state index in [4.69, 9.17) is 39.1 Å². The van der Waals surface area contributed by atoms with Crippen molar-refractivity contribution in [1.82, 2.24) is 18.7 Å². The van der Waals surface area contributed by atoms with Gasteiger partial charge in [-0.15, -0.1) is 11.8 Å². The van der Waals surface area contributed by atoms with Crippen molar-refractivity contribution < 1.29 is 36.0 Å². The van der Waals surface area contributed by atoms with Gasteiger partial charge in [0.15, 0.2) is 28.5 Å². The van der Waals surface area contributed by atoms with Crippen LogP contribution in [0.4, 0.5) is 5.82 Å². The van der Waals surface area contributed by atoms with Crippen LogP contribution in [0.5, 0.6) is 0 Å². The molecule has 54 heavy (non-hydrogen) atoms. The van der Waals surface area contributed by atoms with E-state index in [1.165, 1.54) is 34.1 Å². The van der Waals surface area contributed by atoms with Crippen LogP contribution < -0.4 is 28.4 Å². The maximum Gasteiger partial charge on any atom is 0.351 e. The summed E-state index contributed by atoms with van der Waals surface area (Å²) >= 11 is 1.47. The summed E-state index contributed by atoms with van der Waals surface area (Å²) < 4.78 is 60.4. The van der Waals surface area contributed by atoms with Gasteiger partial charge in [-0.2, -0.15) is 13.4 Å². The van der Waals surface area contributed by atoms with Crippen molar-refractivity contribution in [3.05, 3.63) is 66.5 Å². The Morgan fingerprint density at radius 1 is 1.04 bits per heavy atom. The smallest absolute Gasteiger partial charge is 0.351 e. The van der Waals surface area contributed by atoms with Crippen molar-refractivity contribution in [3.63, 3.8) is 0 Å². The van der Waals surface area contributed by atoms with Crippen LogP contribution in [0, 0.1) is 6.92 Å². The average molecular weight is 833 g/mol. The summed E-state index contributed by atoms with van der Waals surface area (Å²) in [6.07, 6.45) is -0.710. The molecule has 0 bridgehead atoms. The fourth-order valence-corrected chi connectivity index (χ4v) is 10.0. The third-order valence-electron chi connectivity index (χ3n) is 10.9. The second kappa shape index (κ2) is 15.4. The SMILES string of the molecule is Cc1cn([C@@H]2O[C@H](CO[Si](C)(C)C(C)(C)C)C3(OS(=O)(=O)C=C3N)[C@H]2O[Si](C)(C)C(C)(C)C)c(=O)n(C)c1=O.Nc1ccn([C@H]2CS[C@H](CO)O2)c(=O)n1. The Morgan fingerprint density at radius 3 is 2.15 bits per heavy atom. The molecule has 0 aliphatic carbocycles. The van der Waals surface area contributed by atoms with E-state index < -0.39 is 67.7 Å². The fourth-order valence-electron chi connectivity index (χ4n) is 5.57. The van der Waals surface area contributed by atoms with Gasteiger partial charge in [-0.05, 0) is 49.3 Å². The van der Waals surface area contributed by atoms with Gasteiger partial charge in [-0.1, -0.05) is 41.5 Å². The summed E-state index contributed by atoms with van der Waals surface area (Å²) in [5.41, 5.74) is 8.53. The van der Waals surface area contributed by atoms with E-state index in [1.807, 2.05) is 33.9 Å². The molecule has 0 amide bonds. The zero-order valence-electron chi connectivity index (χ0n) is 33.1. The van der Waals surface area contributed by atoms with Gasteiger partial charge in [-0.3, -0.25) is 18.5 Å². The number of rotatable bonds is 8. The van der Waals surface area contributed by atoms with Crippen molar-refractivity contribution in [2.24, 2.45) is 12.8 Å². The standard InChI is InChI=1S/C25H45N3O8SSi2.C8H11N3O3S/c1-16-13-28(22(30)27(8)20(16)29)21-19(35-39(11,12)24(5,6)7)25(17(26)15-37(31,32)36-25)18(34-21)14-33-38(9,10)23(2,3)4;9-5-1-2-11(8(13)10-5)6-4-15-7(3-12)14-6/h13,15,18-19,21H,14,26H2,1-12H3;1-2,6-7,12H,3-4H2,(H2,9,10,13)/t18-,19+,21-,25?;6-,7-/m11/s1. The first kappa shape index (κ1) is 44.1. The first-order chi connectivity index (χ1) is 24.6. The molecule has 0 aromatic carbocycles. The summed E-state index contributed by atoms with van der Waals surface area (Å²) in [4.78, 5) is 40.9. The summed E-state index contributed by atoms with van der Waals surface area (Å²) in [7, 11) is -7.77. The number of anilines is 1. The Balaban J connectivity index is 0.000000358. The molecule has 2 aromatic rings. The van der Waals surface area contributed by atoms with Crippen molar-refractivity contribution in [1.29, 1.82) is 0 Å². The maximum atomic E-state index is 13.4. The number of aromatic nitrogens is 4. The van der Waals surface area contributed by atoms with E-state index in [9.17, 15) is 22.8 Å². The highest BCUT2D eigenvalue weighted by Crippen LogP contribution is 2.52. The quantitative estimate of drug-likeness (QED) is 0.256. The molecule has 6 atom stereocenters. The van der Waals surface area contributed by atoms with Crippen molar-refractivity contribution in [2.45, 2.75) is 120 Å². The van der Waals surface area contributed by atoms with Crippen LogP contribution in [0.3, 0.4) is 0 Å². The number of nitrogen functional groups attached to an aromatic ring is 1. The molecule has 0 saturated carbocycles. The van der Waals surface area contributed by atoms with Crippen LogP contribution in [-0.4, -0.2) is 91.1 Å². The molecule has 2 aromatic heterocycles. The molecule has 5 heterocycles. The molecular formula is C33H56N6O11S2Si2. The number of hydrogen-bond acceptors (Lipinski definition) is 15. The Kier molecular flexibility index (Phi) is 12.6. The largest absolute Gasteiger partial charge is 0.414 e. The molecule has 5 N–H and O–H groups in total. The summed E-state index contributed by atoms with van der Waals surface area (Å²) in [5, 5.41) is 9.34. The predicted molar refractivity (Wildman–Crippen MR) is 211 cm³/mol. The van der Waals surface area contributed by atoms with E-state index in [0.717, 1.165) is 9.98 Å². The Morgan fingerprint density at radius 2 is 1.65 bits per heavy atom. The lowest BCUT2D eigenvalue weighted by molar-refractivity contribution is -0.0566. The molecule has 17 nitrogen and oxygen atoms in total. The highest BCUT2D eigenvalue weighted by atomic mass is 32.2. The molecular weight excluding hydrogens is 777 g/mol. The van der Waals surface area contributed by atoms with Gasteiger partial charge in [0.25, 0.3) is 15.7 Å². The third-order valence-corrected chi connectivity index (χ3v) is 22.0. The lowest BCUT2D eigenvalue weighted by atomic mass is 9.89. The summed E-state index contributed by atoms with van der Waals surface area (Å²) in [6.45, 7) is 22.1. The van der Waals surface area contributed by atoms with Crippen LogP contribution in [0.2, 0.25) is 36.3 Å². The molecule has 5 rings (SSSR count). The first-order valence-corrected chi connectivity index (χ1v) is 25.8. The lowest BCUT2D eigenvalue weighted by Crippen LogP contribution is -2.59. The fraction of sp³-hybridized carbons (Fsp3) is 0.697. The van der Waals surface area contributed by atoms with Crippen LogP contribution in [0.25, 0.3) is 0 Å². The Bertz CT molecular complexity index is 2040. The number of ether oxygens (including phenoxy) is 2. The van der Waals surface area contributed by atoms with E-state index in [2.05, 4.69) is 38.8 Å². The van der Waals surface area contributed by atoms with Gasteiger partial charge in [0.1, 0.15) is 29.7 Å². The van der Waals surface area contributed by atoms with Gasteiger partial charge < -0.3 is 34.9 Å². The van der Waals surface area contributed by atoms with Crippen LogP contribution >= 0.6 is 11.8 Å². The van der Waals surface area contributed by atoms with E-state index in [0.29, 0.717) is 11.3 Å². The number of nitrogens with zero attached hydrogens (tertiary/aromatic N) is 4. The third kappa shape index (κ3) is 8.69. The lowest BCUT2D eigenvalue weighted by Gasteiger charge is -2.43. The van der Waals surface area contributed by atoms with Gasteiger partial charge in [0, 0.05) is 30.8 Å². The van der Waals surface area contributed by atoms with Crippen LogP contribution in [0.1, 0.15) is 59.6 Å². The monoisotopic (exact) mass is 832 g/mol. The Hall–Kier alpha value is -2.61. The highest BCUT2D eigenvalue weighted by Gasteiger charge is 2.67. The molecule has 1 unspecified atom stereocenters. The summed E-state index contributed by atoms with van der Waals surface area (Å²) in [5.74, 6) is 0.817. The van der Waals surface area contributed by atoms with Crippen molar-refractivity contribution in [3.8, 4) is 0 Å². The first-order valence-electron chi connectivity index (χ1n) is 17.5. The molecule has 2 fully saturated rings. The average Bonchev–Trinajstić information content (AvgIpc) is 3.70. The van der Waals surface area contributed by atoms with E-state index in [1.54, 1.807) is 19.2 Å². The molecule has 2 saturated heterocycles. The minimum absolute atomic E-state index is 0.0338. The van der Waals surface area contributed by atoms with Crippen LogP contribution in [-0.2, 0) is 39.7 Å². The normalized spacial score (nSPS) is 27.2. The minimum atomic E-state index is -4.18.